The molecule has 0 radical (unpaired) electrons. The second-order valence-corrected chi connectivity index (χ2v) is 2.06. The topological polar surface area (TPSA) is 29.1 Å². The van der Waals surface area contributed by atoms with Crippen molar-refractivity contribution in [2.45, 2.75) is 13.8 Å². The van der Waals surface area contributed by atoms with E-state index in [1.807, 2.05) is 0 Å². The zero-order valence-electron chi connectivity index (χ0n) is 8.41. The van der Waals surface area contributed by atoms with Crippen LogP contribution in [0, 0.1) is 59.3 Å². The fourth-order valence-electron chi connectivity index (χ4n) is 0.401. The molecule has 0 fully saturated rings. The quantitative estimate of drug-likeness (QED) is 0.429. The van der Waals surface area contributed by atoms with Crippen molar-refractivity contribution in [3.05, 3.63) is 0 Å². The molecule has 0 aliphatic rings. The number of carbonyl (C=O) groups excluding carboxylic acids is 1. The van der Waals surface area contributed by atoms with Crippen LogP contribution in [-0.4, -0.2) is 5.91 Å². The van der Waals surface area contributed by atoms with Crippen LogP contribution >= 0.6 is 0 Å². The molecule has 1 amide bonds. The molecule has 2 nitrogen and oxygen atoms in total. The molecule has 1 N–H and O–H groups in total. The summed E-state index contributed by atoms with van der Waals surface area (Å²) in [6, 6.07) is 2.35. The molecule has 0 aromatic carbocycles. The van der Waals surface area contributed by atoms with E-state index in [0.29, 0.717) is 0 Å². The van der Waals surface area contributed by atoms with Crippen LogP contribution in [0.5, 0.6) is 0 Å². The van der Waals surface area contributed by atoms with Gasteiger partial charge in [-0.05, 0) is 30.6 Å². The van der Waals surface area contributed by atoms with Crippen molar-refractivity contribution in [2.24, 2.45) is 0 Å². The summed E-state index contributed by atoms with van der Waals surface area (Å²) in [7, 11) is 0. The highest BCUT2D eigenvalue weighted by Gasteiger charge is 1.78. The average molecular weight is 193 g/mol. The smallest absolute Gasteiger partial charge is 0.228 e. The van der Waals surface area contributed by atoms with E-state index in [4.69, 9.17) is 0 Å². The van der Waals surface area contributed by atoms with E-state index in [1.54, 1.807) is 6.92 Å². The molecule has 0 saturated carbocycles. The Kier molecular flexibility index (Phi) is 7.66. The first-order valence-corrected chi connectivity index (χ1v) is 3.95. The lowest BCUT2D eigenvalue weighted by Gasteiger charge is -1.80. The first kappa shape index (κ1) is 12.3. The van der Waals surface area contributed by atoms with Gasteiger partial charge in [0.2, 0.25) is 5.91 Å². The van der Waals surface area contributed by atoms with Crippen LogP contribution in [0.3, 0.4) is 0 Å². The van der Waals surface area contributed by atoms with Crippen LogP contribution in [-0.2, 0) is 4.79 Å². The summed E-state index contributed by atoms with van der Waals surface area (Å²) in [4.78, 5) is 10.4. The second-order valence-electron chi connectivity index (χ2n) is 2.06. The first-order chi connectivity index (χ1) is 7.27. The Bertz CT molecular complexity index is 528. The van der Waals surface area contributed by atoms with Gasteiger partial charge in [-0.15, -0.1) is 0 Å². The number of carbonyl (C=O) groups is 1. The summed E-state index contributed by atoms with van der Waals surface area (Å²) in [5.74, 6) is 22.1. The third-order valence-corrected chi connectivity index (χ3v) is 0.864. The van der Waals surface area contributed by atoms with Gasteiger partial charge in [0.15, 0.2) is 0 Å². The predicted molar refractivity (Wildman–Crippen MR) is 58.4 cm³/mol. The van der Waals surface area contributed by atoms with E-state index in [0.717, 1.165) is 0 Å². The Labute approximate surface area is 89.8 Å². The molecule has 15 heavy (non-hydrogen) atoms. The Balaban J connectivity index is 4.08. The summed E-state index contributed by atoms with van der Waals surface area (Å²) in [6.07, 6.45) is 0. The molecule has 0 heterocycles. The Morgan fingerprint density at radius 2 is 1.33 bits per heavy atom. The number of hydrogen-bond donors (Lipinski definition) is 1. The molecule has 0 aliphatic heterocycles. The van der Waals surface area contributed by atoms with Crippen LogP contribution in [0.4, 0.5) is 0 Å². The van der Waals surface area contributed by atoms with E-state index < -0.39 is 0 Å². The fraction of sp³-hybridized carbons (Fsp3) is 0.154. The van der Waals surface area contributed by atoms with Gasteiger partial charge in [0.1, 0.15) is 0 Å². The fourth-order valence-corrected chi connectivity index (χ4v) is 0.401. The molecular weight excluding hydrogens is 186 g/mol. The molecule has 0 aliphatic carbocycles. The highest BCUT2D eigenvalue weighted by Crippen LogP contribution is 1.57. The van der Waals surface area contributed by atoms with Crippen LogP contribution in [0.2, 0.25) is 0 Å². The molecule has 0 atom stereocenters. The number of hydrogen-bond acceptors (Lipinski definition) is 1. The van der Waals surface area contributed by atoms with Crippen LogP contribution in [0.15, 0.2) is 0 Å². The molecule has 2 heteroatoms. The minimum absolute atomic E-state index is 0.223. The maximum absolute atomic E-state index is 10.4. The van der Waals surface area contributed by atoms with Gasteiger partial charge < -0.3 is 0 Å². The maximum Gasteiger partial charge on any atom is 0.228 e. The zero-order valence-corrected chi connectivity index (χ0v) is 8.41. The molecule has 0 aromatic heterocycles. The summed E-state index contributed by atoms with van der Waals surface area (Å²) < 4.78 is 0. The first-order valence-electron chi connectivity index (χ1n) is 3.95. The Hall–Kier alpha value is -2.73. The highest BCUT2D eigenvalue weighted by atomic mass is 16.1. The molecule has 0 spiro atoms. The third kappa shape index (κ3) is 11.3. The summed E-state index contributed by atoms with van der Waals surface area (Å²) in [5.41, 5.74) is 0. The second kappa shape index (κ2) is 9.36. The van der Waals surface area contributed by atoms with E-state index in [1.165, 1.54) is 6.92 Å². The lowest BCUT2D eigenvalue weighted by molar-refractivity contribution is -0.117. The van der Waals surface area contributed by atoms with Gasteiger partial charge in [-0.25, -0.2) is 0 Å². The van der Waals surface area contributed by atoms with Gasteiger partial charge in [-0.2, -0.15) is 0 Å². The minimum atomic E-state index is -0.223. The van der Waals surface area contributed by atoms with Crippen molar-refractivity contribution in [1.82, 2.24) is 5.32 Å². The summed E-state index contributed by atoms with van der Waals surface area (Å²) in [6.45, 7) is 3.06. The number of rotatable bonds is 0. The van der Waals surface area contributed by atoms with Crippen molar-refractivity contribution >= 4 is 5.91 Å². The molecule has 70 valence electrons. The lowest BCUT2D eigenvalue weighted by Crippen LogP contribution is -2.11. The van der Waals surface area contributed by atoms with Crippen molar-refractivity contribution in [3.63, 3.8) is 0 Å². The summed E-state index contributed by atoms with van der Waals surface area (Å²) in [5, 5.41) is 2.27. The van der Waals surface area contributed by atoms with Gasteiger partial charge in [0, 0.05) is 36.6 Å². The number of amides is 1. The Morgan fingerprint density at radius 3 is 1.80 bits per heavy atom. The Morgan fingerprint density at radius 1 is 0.867 bits per heavy atom. The molecule has 0 saturated heterocycles. The van der Waals surface area contributed by atoms with Crippen molar-refractivity contribution in [1.29, 1.82) is 0 Å². The maximum atomic E-state index is 10.4. The van der Waals surface area contributed by atoms with E-state index in [2.05, 4.69) is 64.6 Å². The van der Waals surface area contributed by atoms with E-state index >= 15 is 0 Å². The monoisotopic (exact) mass is 193 g/mol. The largest absolute Gasteiger partial charge is 0.285 e. The van der Waals surface area contributed by atoms with Crippen molar-refractivity contribution < 1.29 is 4.79 Å². The highest BCUT2D eigenvalue weighted by molar-refractivity contribution is 5.74. The molecule has 0 bridgehead atoms. The molecule has 0 aromatic rings. The van der Waals surface area contributed by atoms with Crippen LogP contribution < -0.4 is 5.32 Å². The standard InChI is InChI=1S/C13H7NO/c1-3-4-5-6-7-8-9-10-11-12-14-13(2)15/h1-2H3,(H,14,15). The van der Waals surface area contributed by atoms with Crippen LogP contribution in [0.25, 0.3) is 0 Å². The number of nitrogens with one attached hydrogen (secondary N) is 1. The van der Waals surface area contributed by atoms with Gasteiger partial charge in [0.05, 0.1) is 0 Å². The molecular formula is C13H7NO. The van der Waals surface area contributed by atoms with Crippen molar-refractivity contribution in [2.75, 3.05) is 0 Å². The molecule has 0 rings (SSSR count). The van der Waals surface area contributed by atoms with Crippen LogP contribution in [0.1, 0.15) is 13.8 Å². The normalized spacial score (nSPS) is 4.93. The van der Waals surface area contributed by atoms with E-state index in [-0.39, 0.29) is 5.91 Å². The third-order valence-electron chi connectivity index (χ3n) is 0.864. The van der Waals surface area contributed by atoms with E-state index in [9.17, 15) is 4.79 Å². The lowest BCUT2D eigenvalue weighted by atomic mass is 10.5. The SMILES string of the molecule is CC#CC#CC#CC#CC#CNC(C)=O. The van der Waals surface area contributed by atoms with Crippen molar-refractivity contribution in [3.8, 4) is 59.3 Å². The van der Waals surface area contributed by atoms with Gasteiger partial charge in [-0.1, -0.05) is 5.92 Å². The minimum Gasteiger partial charge on any atom is -0.285 e. The predicted octanol–water partition coefficient (Wildman–Crippen LogP) is 0.117. The molecule has 0 unspecified atom stereocenters. The summed E-state index contributed by atoms with van der Waals surface area (Å²) >= 11 is 0. The van der Waals surface area contributed by atoms with Gasteiger partial charge in [0.25, 0.3) is 0 Å². The van der Waals surface area contributed by atoms with Gasteiger partial charge in [-0.3, -0.25) is 10.1 Å². The average Bonchev–Trinajstić information content (AvgIpc) is 2.20. The zero-order chi connectivity index (χ0) is 11.4. The van der Waals surface area contributed by atoms with Gasteiger partial charge >= 0.3 is 0 Å².